The van der Waals surface area contributed by atoms with Gasteiger partial charge in [0.1, 0.15) is 0 Å². The summed E-state index contributed by atoms with van der Waals surface area (Å²) in [5.74, 6) is -0.725. The van der Waals surface area contributed by atoms with Crippen LogP contribution < -0.4 is 10.6 Å². The van der Waals surface area contributed by atoms with Gasteiger partial charge in [-0.15, -0.1) is 12.4 Å². The summed E-state index contributed by atoms with van der Waals surface area (Å²) >= 11 is 0. The van der Waals surface area contributed by atoms with Crippen molar-refractivity contribution >= 4 is 18.3 Å². The minimum absolute atomic E-state index is 0. The Morgan fingerprint density at radius 1 is 1.39 bits per heavy atom. The Hall–Kier alpha value is -1.28. The van der Waals surface area contributed by atoms with Crippen molar-refractivity contribution in [2.75, 3.05) is 13.1 Å². The van der Waals surface area contributed by atoms with Crippen molar-refractivity contribution in [1.82, 2.24) is 20.4 Å². The maximum absolute atomic E-state index is 13.4. The Morgan fingerprint density at radius 3 is 2.52 bits per heavy atom. The van der Waals surface area contributed by atoms with Crippen molar-refractivity contribution in [1.29, 1.82) is 0 Å². The molecule has 1 aromatic heterocycles. The van der Waals surface area contributed by atoms with Crippen LogP contribution in [0.4, 0.5) is 13.2 Å². The Bertz CT molecular complexity index is 545. The molecule has 0 saturated carbocycles. The second-order valence-corrected chi connectivity index (χ2v) is 6.50. The molecule has 1 aliphatic heterocycles. The highest BCUT2D eigenvalue weighted by molar-refractivity contribution is 5.95. The zero-order valence-electron chi connectivity index (χ0n) is 13.3. The van der Waals surface area contributed by atoms with E-state index >= 15 is 0 Å². The van der Waals surface area contributed by atoms with Gasteiger partial charge in [0.25, 0.3) is 5.91 Å². The lowest BCUT2D eigenvalue weighted by atomic mass is 10.1. The van der Waals surface area contributed by atoms with Gasteiger partial charge in [-0.2, -0.15) is 18.3 Å². The lowest BCUT2D eigenvalue weighted by Gasteiger charge is -2.25. The maximum atomic E-state index is 13.4. The standard InChI is InChI=1S/C14H21F3N4O.ClH/c1-13(2,3)21-11(14(15,16)17)10(8-19-21)12(22)20-9-5-4-6-18-7-9;/h8-9,18H,4-7H2,1-3H3,(H,20,22);1H/t9-;/m0./s1. The molecule has 0 aromatic carbocycles. The first-order valence-corrected chi connectivity index (χ1v) is 7.28. The Morgan fingerprint density at radius 2 is 2.04 bits per heavy atom. The number of rotatable bonds is 2. The summed E-state index contributed by atoms with van der Waals surface area (Å²) in [4.78, 5) is 12.2. The smallest absolute Gasteiger partial charge is 0.348 e. The molecule has 1 saturated heterocycles. The number of aromatic nitrogens is 2. The Balaban J connectivity index is 0.00000264. The van der Waals surface area contributed by atoms with Gasteiger partial charge in [0.15, 0.2) is 5.69 Å². The van der Waals surface area contributed by atoms with Crippen LogP contribution in [-0.2, 0) is 11.7 Å². The van der Waals surface area contributed by atoms with E-state index in [1.807, 2.05) is 0 Å². The highest BCUT2D eigenvalue weighted by Gasteiger charge is 2.42. The molecular weight excluding hydrogens is 333 g/mol. The maximum Gasteiger partial charge on any atom is 0.433 e. The number of nitrogens with one attached hydrogen (secondary N) is 2. The molecule has 0 aliphatic carbocycles. The summed E-state index contributed by atoms with van der Waals surface area (Å²) in [5.41, 5.74) is -2.29. The molecule has 1 aliphatic rings. The molecule has 1 amide bonds. The van der Waals surface area contributed by atoms with Crippen LogP contribution in [-0.4, -0.2) is 34.8 Å². The van der Waals surface area contributed by atoms with Crippen molar-refractivity contribution in [2.24, 2.45) is 0 Å². The first kappa shape index (κ1) is 19.8. The van der Waals surface area contributed by atoms with E-state index in [2.05, 4.69) is 15.7 Å². The normalized spacial score (nSPS) is 19.1. The van der Waals surface area contributed by atoms with Crippen molar-refractivity contribution in [2.45, 2.75) is 51.4 Å². The number of carbonyl (C=O) groups is 1. The van der Waals surface area contributed by atoms with E-state index in [0.29, 0.717) is 6.54 Å². The van der Waals surface area contributed by atoms with E-state index in [9.17, 15) is 18.0 Å². The molecule has 0 radical (unpaired) electrons. The SMILES string of the molecule is CC(C)(C)n1ncc(C(=O)N[C@H]2CCCNC2)c1C(F)(F)F.Cl. The van der Waals surface area contributed by atoms with Crippen LogP contribution in [0.15, 0.2) is 6.20 Å². The van der Waals surface area contributed by atoms with Crippen LogP contribution in [0, 0.1) is 0 Å². The topological polar surface area (TPSA) is 59.0 Å². The fourth-order valence-corrected chi connectivity index (χ4v) is 2.53. The number of hydrogen-bond acceptors (Lipinski definition) is 3. The molecule has 23 heavy (non-hydrogen) atoms. The van der Waals surface area contributed by atoms with Crippen molar-refractivity contribution in [3.8, 4) is 0 Å². The summed E-state index contributed by atoms with van der Waals surface area (Å²) in [5, 5.41) is 9.55. The van der Waals surface area contributed by atoms with Crippen LogP contribution in [0.25, 0.3) is 0 Å². The average Bonchev–Trinajstić information content (AvgIpc) is 2.84. The molecular formula is C14H22ClF3N4O. The third-order valence-electron chi connectivity index (χ3n) is 3.55. The molecule has 0 unspecified atom stereocenters. The first-order chi connectivity index (χ1) is 10.1. The second-order valence-electron chi connectivity index (χ2n) is 6.50. The van der Waals surface area contributed by atoms with Gasteiger partial charge in [-0.25, -0.2) is 0 Å². The number of piperidine rings is 1. The lowest BCUT2D eigenvalue weighted by Crippen LogP contribution is -2.46. The summed E-state index contributed by atoms with van der Waals surface area (Å²) < 4.78 is 40.9. The summed E-state index contributed by atoms with van der Waals surface area (Å²) in [6.07, 6.45) is -1.99. The molecule has 0 spiro atoms. The van der Waals surface area contributed by atoms with Gasteiger partial charge in [-0.05, 0) is 40.2 Å². The van der Waals surface area contributed by atoms with Gasteiger partial charge in [0.05, 0.1) is 17.3 Å². The fourth-order valence-electron chi connectivity index (χ4n) is 2.53. The van der Waals surface area contributed by atoms with E-state index in [0.717, 1.165) is 30.3 Å². The molecule has 2 rings (SSSR count). The highest BCUT2D eigenvalue weighted by atomic mass is 35.5. The predicted molar refractivity (Wildman–Crippen MR) is 82.8 cm³/mol. The van der Waals surface area contributed by atoms with Gasteiger partial charge in [-0.1, -0.05) is 0 Å². The number of hydrogen-bond donors (Lipinski definition) is 2. The van der Waals surface area contributed by atoms with Crippen LogP contribution in [0.5, 0.6) is 0 Å². The molecule has 2 heterocycles. The minimum atomic E-state index is -4.64. The van der Waals surface area contributed by atoms with E-state index in [1.165, 1.54) is 0 Å². The molecule has 5 nitrogen and oxygen atoms in total. The molecule has 0 bridgehead atoms. The predicted octanol–water partition coefficient (Wildman–Crippen LogP) is 2.56. The van der Waals surface area contributed by atoms with E-state index in [4.69, 9.17) is 0 Å². The van der Waals surface area contributed by atoms with Gasteiger partial charge < -0.3 is 10.6 Å². The molecule has 1 fully saturated rings. The zero-order valence-corrected chi connectivity index (χ0v) is 14.1. The number of carbonyl (C=O) groups excluding carboxylic acids is 1. The van der Waals surface area contributed by atoms with Crippen LogP contribution in [0.2, 0.25) is 0 Å². The summed E-state index contributed by atoms with van der Waals surface area (Å²) in [7, 11) is 0. The van der Waals surface area contributed by atoms with E-state index in [-0.39, 0.29) is 18.4 Å². The number of amides is 1. The first-order valence-electron chi connectivity index (χ1n) is 7.28. The quantitative estimate of drug-likeness (QED) is 0.858. The molecule has 2 N–H and O–H groups in total. The molecule has 1 atom stereocenters. The van der Waals surface area contributed by atoms with Crippen LogP contribution in [0.1, 0.15) is 49.7 Å². The monoisotopic (exact) mass is 354 g/mol. The van der Waals surface area contributed by atoms with Gasteiger partial charge >= 0.3 is 6.18 Å². The average molecular weight is 355 g/mol. The van der Waals surface area contributed by atoms with Gasteiger partial charge in [-0.3, -0.25) is 9.48 Å². The van der Waals surface area contributed by atoms with E-state index in [1.54, 1.807) is 20.8 Å². The van der Waals surface area contributed by atoms with Crippen LogP contribution in [0.3, 0.4) is 0 Å². The minimum Gasteiger partial charge on any atom is -0.348 e. The van der Waals surface area contributed by atoms with Crippen molar-refractivity contribution in [3.63, 3.8) is 0 Å². The van der Waals surface area contributed by atoms with Crippen molar-refractivity contribution < 1.29 is 18.0 Å². The number of halogens is 4. The van der Waals surface area contributed by atoms with Gasteiger partial charge in [0.2, 0.25) is 0 Å². The third-order valence-corrected chi connectivity index (χ3v) is 3.55. The lowest BCUT2D eigenvalue weighted by molar-refractivity contribution is -0.146. The zero-order chi connectivity index (χ0) is 16.5. The second kappa shape index (κ2) is 7.09. The van der Waals surface area contributed by atoms with Crippen LogP contribution >= 0.6 is 12.4 Å². The number of nitrogens with zero attached hydrogens (tertiary/aromatic N) is 2. The van der Waals surface area contributed by atoms with Gasteiger partial charge in [0, 0.05) is 12.6 Å². The molecule has 1 aromatic rings. The Labute approximate surface area is 139 Å². The van der Waals surface area contributed by atoms with Crippen molar-refractivity contribution in [3.05, 3.63) is 17.5 Å². The fraction of sp³-hybridized carbons (Fsp3) is 0.714. The molecule has 9 heteroatoms. The third kappa shape index (κ3) is 4.60. The highest BCUT2D eigenvalue weighted by Crippen LogP contribution is 2.34. The van der Waals surface area contributed by atoms with E-state index < -0.39 is 28.9 Å². The Kier molecular flexibility index (Phi) is 6.09. The summed E-state index contributed by atoms with van der Waals surface area (Å²) in [6, 6.07) is -0.152. The number of alkyl halides is 3. The summed E-state index contributed by atoms with van der Waals surface area (Å²) in [6.45, 7) is 6.27. The molecule has 132 valence electrons. The largest absolute Gasteiger partial charge is 0.433 e.